The summed E-state index contributed by atoms with van der Waals surface area (Å²) in [5.41, 5.74) is 13.7. The van der Waals surface area contributed by atoms with E-state index in [1.807, 2.05) is 6.07 Å². The van der Waals surface area contributed by atoms with Crippen molar-refractivity contribution < 1.29 is 9.59 Å². The van der Waals surface area contributed by atoms with Gasteiger partial charge in [0, 0.05) is 11.1 Å². The van der Waals surface area contributed by atoms with Crippen LogP contribution in [0.4, 0.5) is 0 Å². The second-order valence-electron chi connectivity index (χ2n) is 5.81. The van der Waals surface area contributed by atoms with Crippen molar-refractivity contribution in [2.45, 2.75) is 65.2 Å². The molecule has 0 heterocycles. The van der Waals surface area contributed by atoms with Crippen molar-refractivity contribution in [3.05, 3.63) is 34.4 Å². The molecule has 2 amide bonds. The van der Waals surface area contributed by atoms with Crippen molar-refractivity contribution in [1.82, 2.24) is 0 Å². The first-order chi connectivity index (χ1) is 10.5. The minimum absolute atomic E-state index is 0.434. The molecule has 1 aromatic rings. The maximum absolute atomic E-state index is 11.7. The van der Waals surface area contributed by atoms with Gasteiger partial charge in [-0.25, -0.2) is 0 Å². The molecule has 0 fully saturated rings. The summed E-state index contributed by atoms with van der Waals surface area (Å²) in [7, 11) is 0. The van der Waals surface area contributed by atoms with Crippen molar-refractivity contribution in [1.29, 1.82) is 0 Å². The highest BCUT2D eigenvalue weighted by atomic mass is 16.1. The molecule has 1 aromatic carbocycles. The van der Waals surface area contributed by atoms with Crippen molar-refractivity contribution in [3.63, 3.8) is 0 Å². The van der Waals surface area contributed by atoms with Crippen LogP contribution in [0.3, 0.4) is 0 Å². The highest BCUT2D eigenvalue weighted by Crippen LogP contribution is 2.21. The van der Waals surface area contributed by atoms with Crippen LogP contribution in [-0.4, -0.2) is 11.8 Å². The van der Waals surface area contributed by atoms with E-state index in [1.54, 1.807) is 6.07 Å². The molecule has 4 N–H and O–H groups in total. The molecule has 0 saturated heterocycles. The van der Waals surface area contributed by atoms with E-state index >= 15 is 0 Å². The Balaban J connectivity index is 3.13. The number of hydrogen-bond donors (Lipinski definition) is 2. The summed E-state index contributed by atoms with van der Waals surface area (Å²) in [5.74, 6) is -0.983. The average Bonchev–Trinajstić information content (AvgIpc) is 2.47. The fraction of sp³-hybridized carbons (Fsp3) is 0.556. The number of carbonyl (C=O) groups is 2. The maximum Gasteiger partial charge on any atom is 0.249 e. The summed E-state index contributed by atoms with van der Waals surface area (Å²) in [5, 5.41) is 0. The third-order valence-electron chi connectivity index (χ3n) is 3.96. The van der Waals surface area contributed by atoms with E-state index in [0.717, 1.165) is 62.5 Å². The SMILES string of the molecule is CCCCCc1cc(CCCCC)c(C(N)=O)cc1C(N)=O. The largest absolute Gasteiger partial charge is 0.366 e. The Morgan fingerprint density at radius 3 is 1.50 bits per heavy atom. The molecule has 0 radical (unpaired) electrons. The second-order valence-corrected chi connectivity index (χ2v) is 5.81. The third-order valence-corrected chi connectivity index (χ3v) is 3.96. The van der Waals surface area contributed by atoms with Crippen LogP contribution < -0.4 is 11.5 Å². The van der Waals surface area contributed by atoms with E-state index in [1.165, 1.54) is 0 Å². The van der Waals surface area contributed by atoms with E-state index in [4.69, 9.17) is 11.5 Å². The number of aryl methyl sites for hydroxylation is 2. The molecule has 0 unspecified atom stereocenters. The smallest absolute Gasteiger partial charge is 0.249 e. The second kappa shape index (κ2) is 9.23. The number of benzene rings is 1. The monoisotopic (exact) mass is 304 g/mol. The number of rotatable bonds is 10. The molecular formula is C18H28N2O2. The van der Waals surface area contributed by atoms with E-state index in [0.29, 0.717) is 11.1 Å². The fourth-order valence-corrected chi connectivity index (χ4v) is 2.70. The summed E-state index contributed by atoms with van der Waals surface area (Å²) in [6, 6.07) is 3.55. The standard InChI is InChI=1S/C18H28N2O2/c1-3-5-7-9-13-11-14(10-8-6-4-2)16(18(20)22)12-15(13)17(19)21/h11-12H,3-10H2,1-2H3,(H2,19,21)(H2,20,22). The first-order valence-corrected chi connectivity index (χ1v) is 8.26. The third kappa shape index (κ3) is 5.17. The summed E-state index contributed by atoms with van der Waals surface area (Å²) < 4.78 is 0. The number of amides is 2. The molecule has 0 spiro atoms. The first kappa shape index (κ1) is 18.2. The predicted molar refractivity (Wildman–Crippen MR) is 89.9 cm³/mol. The number of carbonyl (C=O) groups excluding carboxylic acids is 2. The Kier molecular flexibility index (Phi) is 7.64. The number of unbranched alkanes of at least 4 members (excludes halogenated alkanes) is 4. The van der Waals surface area contributed by atoms with Crippen molar-refractivity contribution in [2.75, 3.05) is 0 Å². The molecule has 0 aliphatic carbocycles. The van der Waals surface area contributed by atoms with Crippen LogP contribution in [0.2, 0.25) is 0 Å². The molecule has 22 heavy (non-hydrogen) atoms. The van der Waals surface area contributed by atoms with E-state index in [9.17, 15) is 9.59 Å². The zero-order valence-electron chi connectivity index (χ0n) is 13.8. The molecule has 0 aliphatic rings. The zero-order chi connectivity index (χ0) is 16.5. The topological polar surface area (TPSA) is 86.2 Å². The lowest BCUT2D eigenvalue weighted by Crippen LogP contribution is -2.19. The van der Waals surface area contributed by atoms with Gasteiger partial charge in [-0.1, -0.05) is 45.6 Å². The minimum atomic E-state index is -0.492. The van der Waals surface area contributed by atoms with E-state index in [-0.39, 0.29) is 0 Å². The molecule has 0 aliphatic heterocycles. The Hall–Kier alpha value is -1.84. The van der Waals surface area contributed by atoms with Gasteiger partial charge in [0.05, 0.1) is 0 Å². The van der Waals surface area contributed by atoms with E-state index < -0.39 is 11.8 Å². The van der Waals surface area contributed by atoms with Gasteiger partial charge < -0.3 is 11.5 Å². The molecule has 0 aromatic heterocycles. The van der Waals surface area contributed by atoms with Crippen LogP contribution in [-0.2, 0) is 12.8 Å². The highest BCUT2D eigenvalue weighted by Gasteiger charge is 2.16. The Labute approximate surface area is 133 Å². The van der Waals surface area contributed by atoms with Crippen molar-refractivity contribution in [3.8, 4) is 0 Å². The van der Waals surface area contributed by atoms with Gasteiger partial charge in [0.25, 0.3) is 0 Å². The number of primary amides is 2. The van der Waals surface area contributed by atoms with Gasteiger partial charge in [-0.3, -0.25) is 9.59 Å². The normalized spacial score (nSPS) is 10.6. The number of hydrogen-bond acceptors (Lipinski definition) is 2. The Morgan fingerprint density at radius 1 is 0.773 bits per heavy atom. The van der Waals surface area contributed by atoms with Gasteiger partial charge in [0.15, 0.2) is 0 Å². The molecule has 0 atom stereocenters. The molecule has 4 nitrogen and oxygen atoms in total. The lowest BCUT2D eigenvalue weighted by atomic mass is 9.92. The molecule has 4 heteroatoms. The fourth-order valence-electron chi connectivity index (χ4n) is 2.70. The summed E-state index contributed by atoms with van der Waals surface area (Å²) in [6.45, 7) is 4.28. The lowest BCUT2D eigenvalue weighted by molar-refractivity contribution is 0.0998. The Morgan fingerprint density at radius 2 is 1.18 bits per heavy atom. The molecule has 0 bridgehead atoms. The quantitative estimate of drug-likeness (QED) is 0.649. The van der Waals surface area contributed by atoms with Crippen molar-refractivity contribution in [2.24, 2.45) is 11.5 Å². The molecular weight excluding hydrogens is 276 g/mol. The zero-order valence-corrected chi connectivity index (χ0v) is 13.8. The lowest BCUT2D eigenvalue weighted by Gasteiger charge is -2.13. The molecule has 1 rings (SSSR count). The van der Waals surface area contributed by atoms with Crippen LogP contribution in [0, 0.1) is 0 Å². The summed E-state index contributed by atoms with van der Waals surface area (Å²) >= 11 is 0. The van der Waals surface area contributed by atoms with Crippen LogP contribution in [0.5, 0.6) is 0 Å². The molecule has 0 saturated carbocycles. The number of nitrogens with two attached hydrogens (primary N) is 2. The van der Waals surface area contributed by atoms with Crippen LogP contribution in [0.15, 0.2) is 12.1 Å². The summed E-state index contributed by atoms with van der Waals surface area (Å²) in [4.78, 5) is 23.3. The van der Waals surface area contributed by atoms with Gasteiger partial charge in [-0.2, -0.15) is 0 Å². The van der Waals surface area contributed by atoms with Gasteiger partial charge >= 0.3 is 0 Å². The highest BCUT2D eigenvalue weighted by molar-refractivity contribution is 6.00. The van der Waals surface area contributed by atoms with E-state index in [2.05, 4.69) is 13.8 Å². The predicted octanol–water partition coefficient (Wildman–Crippen LogP) is 3.35. The maximum atomic E-state index is 11.7. The first-order valence-electron chi connectivity index (χ1n) is 8.26. The van der Waals surface area contributed by atoms with Gasteiger partial charge in [-0.05, 0) is 42.9 Å². The van der Waals surface area contributed by atoms with Gasteiger partial charge in [0.2, 0.25) is 11.8 Å². The van der Waals surface area contributed by atoms with Crippen LogP contribution >= 0.6 is 0 Å². The summed E-state index contributed by atoms with van der Waals surface area (Å²) in [6.07, 6.45) is 8.12. The van der Waals surface area contributed by atoms with Crippen LogP contribution in [0.1, 0.15) is 84.2 Å². The Bertz CT molecular complexity index is 481. The minimum Gasteiger partial charge on any atom is -0.366 e. The van der Waals surface area contributed by atoms with Gasteiger partial charge in [0.1, 0.15) is 0 Å². The average molecular weight is 304 g/mol. The van der Waals surface area contributed by atoms with Crippen LogP contribution in [0.25, 0.3) is 0 Å². The van der Waals surface area contributed by atoms with Crippen molar-refractivity contribution >= 4 is 11.8 Å². The van der Waals surface area contributed by atoms with Gasteiger partial charge in [-0.15, -0.1) is 0 Å². The molecule has 122 valence electrons.